The minimum absolute atomic E-state index is 0.00392. The fourth-order valence-electron chi connectivity index (χ4n) is 3.07. The number of carbonyl (C=O) groups excluding carboxylic acids is 1. The number of ether oxygens (including phenoxy) is 2. The van der Waals surface area contributed by atoms with Crippen LogP contribution in [-0.2, 0) is 18.9 Å². The molecule has 0 aliphatic carbocycles. The third kappa shape index (κ3) is 5.05. The topological polar surface area (TPSA) is 38.8 Å². The Morgan fingerprint density at radius 2 is 1.42 bits per heavy atom. The van der Waals surface area contributed by atoms with E-state index in [1.807, 2.05) is 0 Å². The minimum atomic E-state index is -5.04. The summed E-state index contributed by atoms with van der Waals surface area (Å²) in [7, 11) is 0. The van der Waals surface area contributed by atoms with Crippen molar-refractivity contribution in [2.24, 2.45) is 0 Å². The number of carbonyl (C=O) groups is 1. The number of hydrogen-bond donors (Lipinski definition) is 0. The molecule has 2 aromatic rings. The number of alkyl halides is 6. The van der Waals surface area contributed by atoms with E-state index in [2.05, 4.69) is 0 Å². The molecule has 4 nitrogen and oxygen atoms in total. The van der Waals surface area contributed by atoms with Gasteiger partial charge in [0.25, 0.3) is 5.91 Å². The Morgan fingerprint density at radius 3 is 1.94 bits per heavy atom. The van der Waals surface area contributed by atoms with Gasteiger partial charge in [0, 0.05) is 17.6 Å². The van der Waals surface area contributed by atoms with Crippen molar-refractivity contribution >= 4 is 5.91 Å². The monoisotopic (exact) mass is 447 g/mol. The Kier molecular flexibility index (Phi) is 5.62. The predicted octanol–water partition coefficient (Wildman–Crippen LogP) is 5.89. The van der Waals surface area contributed by atoms with Crippen molar-refractivity contribution in [1.82, 2.24) is 4.90 Å². The third-order valence-electron chi connectivity index (χ3n) is 4.67. The summed E-state index contributed by atoms with van der Waals surface area (Å²) in [6.45, 7) is 4.88. The molecule has 0 saturated heterocycles. The lowest BCUT2D eigenvalue weighted by atomic mass is 9.99. The number of nitrogens with zero attached hydrogens (tertiary/aromatic N) is 1. The average molecular weight is 447 g/mol. The summed E-state index contributed by atoms with van der Waals surface area (Å²) in [6, 6.07) is 5.76. The van der Waals surface area contributed by atoms with Crippen molar-refractivity contribution in [3.05, 3.63) is 58.7 Å². The van der Waals surface area contributed by atoms with Gasteiger partial charge in [-0.1, -0.05) is 6.07 Å². The normalized spacial score (nSPS) is 14.0. The highest BCUT2D eigenvalue weighted by atomic mass is 19.4. The van der Waals surface area contributed by atoms with Crippen molar-refractivity contribution in [2.45, 2.75) is 45.2 Å². The number of fused-ring (bicyclic) bond motifs is 1. The van der Waals surface area contributed by atoms with Crippen LogP contribution in [0.1, 0.15) is 47.8 Å². The highest BCUT2D eigenvalue weighted by Gasteiger charge is 2.38. The fourth-order valence-corrected chi connectivity index (χ4v) is 3.07. The van der Waals surface area contributed by atoms with E-state index in [0.717, 1.165) is 0 Å². The molecule has 3 rings (SSSR count). The van der Waals surface area contributed by atoms with Crippen molar-refractivity contribution in [3.63, 3.8) is 0 Å². The first-order chi connectivity index (χ1) is 14.2. The van der Waals surface area contributed by atoms with Crippen LogP contribution in [0.5, 0.6) is 11.5 Å². The third-order valence-corrected chi connectivity index (χ3v) is 4.67. The van der Waals surface area contributed by atoms with Gasteiger partial charge >= 0.3 is 12.4 Å². The lowest BCUT2D eigenvalue weighted by molar-refractivity contribution is -0.143. The van der Waals surface area contributed by atoms with Gasteiger partial charge in [-0.25, -0.2) is 0 Å². The van der Waals surface area contributed by atoms with Gasteiger partial charge in [-0.05, 0) is 56.7 Å². The predicted molar refractivity (Wildman–Crippen MR) is 98.6 cm³/mol. The van der Waals surface area contributed by atoms with Gasteiger partial charge in [-0.2, -0.15) is 26.3 Å². The van der Waals surface area contributed by atoms with E-state index in [-0.39, 0.29) is 19.4 Å². The molecule has 1 amide bonds. The second kappa shape index (κ2) is 7.65. The Hall–Kier alpha value is -2.91. The van der Waals surface area contributed by atoms with E-state index < -0.39 is 40.5 Å². The molecule has 0 fully saturated rings. The molecule has 10 heteroatoms. The molecule has 0 unspecified atom stereocenters. The first kappa shape index (κ1) is 22.8. The molecule has 1 aliphatic heterocycles. The highest BCUT2D eigenvalue weighted by molar-refractivity contribution is 5.95. The maximum absolute atomic E-state index is 13.2. The van der Waals surface area contributed by atoms with Crippen LogP contribution in [0.3, 0.4) is 0 Å². The van der Waals surface area contributed by atoms with Crippen molar-refractivity contribution < 1.29 is 40.6 Å². The van der Waals surface area contributed by atoms with Crippen molar-refractivity contribution in [3.8, 4) is 11.5 Å². The molecule has 0 radical (unpaired) electrons. The smallest absolute Gasteiger partial charge is 0.416 e. The zero-order valence-corrected chi connectivity index (χ0v) is 16.8. The molecular formula is C21H19F6NO3. The maximum atomic E-state index is 13.2. The summed E-state index contributed by atoms with van der Waals surface area (Å²) >= 11 is 0. The number of hydrogen-bond acceptors (Lipinski definition) is 3. The molecule has 0 atom stereocenters. The summed E-state index contributed by atoms with van der Waals surface area (Å²) in [4.78, 5) is 14.3. The van der Waals surface area contributed by atoms with Crippen molar-refractivity contribution in [2.75, 3.05) is 6.79 Å². The lowest BCUT2D eigenvalue weighted by Crippen LogP contribution is -2.45. The van der Waals surface area contributed by atoms with Crippen LogP contribution < -0.4 is 9.47 Å². The van der Waals surface area contributed by atoms with Crippen LogP contribution in [0.2, 0.25) is 0 Å². The Morgan fingerprint density at radius 1 is 0.871 bits per heavy atom. The molecule has 0 aromatic heterocycles. The Bertz CT molecular complexity index is 960. The largest absolute Gasteiger partial charge is 0.454 e. The van der Waals surface area contributed by atoms with Crippen LogP contribution in [-0.4, -0.2) is 23.1 Å². The summed E-state index contributed by atoms with van der Waals surface area (Å²) in [5.41, 5.74) is -4.10. The van der Waals surface area contributed by atoms with Gasteiger partial charge in [0.1, 0.15) is 0 Å². The zero-order chi connectivity index (χ0) is 23.2. The van der Waals surface area contributed by atoms with Gasteiger partial charge in [0.05, 0.1) is 11.1 Å². The van der Waals surface area contributed by atoms with Crippen LogP contribution in [0.4, 0.5) is 26.3 Å². The molecule has 168 valence electrons. The standard InChI is InChI=1S/C21H19F6NO3/c1-19(2,3)28(10-12-4-5-16-17(6-12)31-11-30-16)18(29)13-7-14(20(22,23)24)9-15(8-13)21(25,26)27/h4-9H,10-11H2,1-3H3. The van der Waals surface area contributed by atoms with Gasteiger partial charge in [0.15, 0.2) is 11.5 Å². The Labute approximate surface area is 174 Å². The summed E-state index contributed by atoms with van der Waals surface area (Å²) < 4.78 is 89.6. The van der Waals surface area contributed by atoms with E-state index in [4.69, 9.17) is 9.47 Å². The second-order valence-corrected chi connectivity index (χ2v) is 8.04. The quantitative estimate of drug-likeness (QED) is 0.551. The molecule has 1 heterocycles. The first-order valence-corrected chi connectivity index (χ1v) is 9.16. The molecule has 0 N–H and O–H groups in total. The van der Waals surface area contributed by atoms with E-state index in [1.54, 1.807) is 39.0 Å². The van der Waals surface area contributed by atoms with Crippen LogP contribution in [0.25, 0.3) is 0 Å². The second-order valence-electron chi connectivity index (χ2n) is 8.04. The number of rotatable bonds is 3. The minimum Gasteiger partial charge on any atom is -0.454 e. The summed E-state index contributed by atoms with van der Waals surface area (Å²) in [6.07, 6.45) is -10.1. The van der Waals surface area contributed by atoms with Crippen molar-refractivity contribution in [1.29, 1.82) is 0 Å². The van der Waals surface area contributed by atoms with E-state index in [1.165, 1.54) is 4.90 Å². The maximum Gasteiger partial charge on any atom is 0.416 e. The SMILES string of the molecule is CC(C)(C)N(Cc1ccc2c(c1)OCO2)C(=O)c1cc(C(F)(F)F)cc(C(F)(F)F)c1. The van der Waals surface area contributed by atoms with E-state index >= 15 is 0 Å². The van der Waals surface area contributed by atoms with Crippen LogP contribution >= 0.6 is 0 Å². The number of halogens is 6. The summed E-state index contributed by atoms with van der Waals surface area (Å²) in [5, 5.41) is 0. The average Bonchev–Trinajstić information content (AvgIpc) is 3.10. The number of amides is 1. The first-order valence-electron chi connectivity index (χ1n) is 9.16. The Balaban J connectivity index is 2.02. The molecule has 0 saturated carbocycles. The van der Waals surface area contributed by atoms with E-state index in [0.29, 0.717) is 29.2 Å². The zero-order valence-electron chi connectivity index (χ0n) is 16.8. The van der Waals surface area contributed by atoms with Gasteiger partial charge in [-0.3, -0.25) is 4.79 Å². The van der Waals surface area contributed by atoms with E-state index in [9.17, 15) is 31.1 Å². The molecule has 0 bridgehead atoms. The number of benzene rings is 2. The van der Waals surface area contributed by atoms with Crippen LogP contribution in [0.15, 0.2) is 36.4 Å². The molecule has 1 aliphatic rings. The summed E-state index contributed by atoms with van der Waals surface area (Å²) in [5.74, 6) is -0.0101. The molecular weight excluding hydrogens is 428 g/mol. The molecule has 2 aromatic carbocycles. The van der Waals surface area contributed by atoms with Gasteiger partial charge in [0.2, 0.25) is 6.79 Å². The highest BCUT2D eigenvalue weighted by Crippen LogP contribution is 2.37. The van der Waals surface area contributed by atoms with Crippen LogP contribution in [0, 0.1) is 0 Å². The molecule has 0 spiro atoms. The molecule has 31 heavy (non-hydrogen) atoms. The lowest BCUT2D eigenvalue weighted by Gasteiger charge is -2.36. The van der Waals surface area contributed by atoms with Gasteiger partial charge < -0.3 is 14.4 Å². The fraction of sp³-hybridized carbons (Fsp3) is 0.381. The van der Waals surface area contributed by atoms with Gasteiger partial charge in [-0.15, -0.1) is 0 Å².